The molecule has 12 heteroatoms. The Morgan fingerprint density at radius 2 is 1.75 bits per heavy atom. The molecule has 4 aliphatic rings. The summed E-state index contributed by atoms with van der Waals surface area (Å²) in [6, 6.07) is 9.11. The van der Waals surface area contributed by atoms with Crippen molar-refractivity contribution in [1.29, 1.82) is 0 Å². The van der Waals surface area contributed by atoms with Crippen molar-refractivity contribution in [2.24, 2.45) is 11.3 Å². The zero-order valence-corrected chi connectivity index (χ0v) is 31.5. The molecule has 2 N–H and O–H groups in total. The van der Waals surface area contributed by atoms with Crippen molar-refractivity contribution in [3.05, 3.63) is 69.8 Å². The number of piperidine rings is 1. The van der Waals surface area contributed by atoms with Gasteiger partial charge >= 0.3 is 0 Å². The van der Waals surface area contributed by atoms with Crippen molar-refractivity contribution < 1.29 is 19.2 Å². The van der Waals surface area contributed by atoms with Gasteiger partial charge in [-0.05, 0) is 98.2 Å². The van der Waals surface area contributed by atoms with Gasteiger partial charge in [0, 0.05) is 64.8 Å². The number of ketones is 1. The molecule has 1 saturated heterocycles. The van der Waals surface area contributed by atoms with Gasteiger partial charge in [0.1, 0.15) is 24.1 Å². The van der Waals surface area contributed by atoms with Gasteiger partial charge in [-0.15, -0.1) is 0 Å². The summed E-state index contributed by atoms with van der Waals surface area (Å²) in [5.74, 6) is 0.552. The minimum atomic E-state index is -0.725. The zero-order valence-electron chi connectivity index (χ0n) is 29.9. The van der Waals surface area contributed by atoms with Crippen LogP contribution in [0, 0.1) is 18.3 Å². The SMILES string of the molecule is CC(=O)c1nn2c3c(cc(-c4cnc(C)nc4)cc13)CCCCCCC(=O)NC[C@@]13C[C@@H](C(=O)Nc4cc(Br)ccc4C4CC4)N(C(=O)C2)C1C3C. The number of anilines is 1. The van der Waals surface area contributed by atoms with Gasteiger partial charge in [0.05, 0.1) is 5.52 Å². The Morgan fingerprint density at radius 1 is 1.00 bits per heavy atom. The lowest BCUT2D eigenvalue weighted by molar-refractivity contribution is -0.138. The van der Waals surface area contributed by atoms with E-state index in [0.29, 0.717) is 48.6 Å². The zero-order chi connectivity index (χ0) is 36.3. The van der Waals surface area contributed by atoms with Gasteiger partial charge in [-0.25, -0.2) is 9.97 Å². The largest absolute Gasteiger partial charge is 0.355 e. The minimum Gasteiger partial charge on any atom is -0.355 e. The number of halogens is 1. The van der Waals surface area contributed by atoms with Crippen LogP contribution in [0.25, 0.3) is 22.0 Å². The van der Waals surface area contributed by atoms with E-state index in [9.17, 15) is 19.2 Å². The molecule has 2 aromatic carbocycles. The van der Waals surface area contributed by atoms with Crippen LogP contribution in [-0.4, -0.2) is 66.8 Å². The number of aromatic nitrogens is 4. The van der Waals surface area contributed by atoms with Crippen molar-refractivity contribution in [2.75, 3.05) is 11.9 Å². The summed E-state index contributed by atoms with van der Waals surface area (Å²) in [4.78, 5) is 65.7. The molecule has 0 spiro atoms. The van der Waals surface area contributed by atoms with Crippen LogP contribution in [-0.2, 0) is 27.3 Å². The molecule has 3 amide bonds. The highest BCUT2D eigenvalue weighted by molar-refractivity contribution is 9.10. The molecule has 2 saturated carbocycles. The molecule has 4 heterocycles. The van der Waals surface area contributed by atoms with E-state index in [4.69, 9.17) is 5.10 Å². The molecule has 2 aliphatic carbocycles. The number of Topliss-reactive ketones (excluding diaryl/α,β-unsaturated/α-hetero) is 1. The number of hydrogen-bond acceptors (Lipinski definition) is 7. The van der Waals surface area contributed by atoms with Crippen molar-refractivity contribution in [3.63, 3.8) is 0 Å². The van der Waals surface area contributed by atoms with Crippen molar-refractivity contribution in [2.45, 2.75) is 103 Å². The van der Waals surface area contributed by atoms with Crippen LogP contribution in [0.1, 0.15) is 98.6 Å². The van der Waals surface area contributed by atoms with Crippen molar-refractivity contribution in [3.8, 4) is 11.1 Å². The van der Waals surface area contributed by atoms with E-state index in [0.717, 1.165) is 76.5 Å². The second-order valence-corrected chi connectivity index (χ2v) is 16.2. The number of nitrogens with one attached hydrogen (secondary N) is 2. The normalized spacial score (nSPS) is 25.0. The number of carbonyl (C=O) groups excluding carboxylic acids is 4. The highest BCUT2D eigenvalue weighted by Crippen LogP contribution is 2.64. The van der Waals surface area contributed by atoms with E-state index in [1.165, 1.54) is 6.92 Å². The van der Waals surface area contributed by atoms with Crippen LogP contribution in [0.4, 0.5) is 5.69 Å². The maximum atomic E-state index is 14.7. The first-order valence-corrected chi connectivity index (χ1v) is 19.3. The molecule has 52 heavy (non-hydrogen) atoms. The molecule has 4 aromatic rings. The summed E-state index contributed by atoms with van der Waals surface area (Å²) >= 11 is 3.57. The Balaban J connectivity index is 1.19. The van der Waals surface area contributed by atoms with Crippen LogP contribution < -0.4 is 10.6 Å². The molecule has 270 valence electrons. The lowest BCUT2D eigenvalue weighted by Gasteiger charge is -2.28. The minimum absolute atomic E-state index is 0.0113. The van der Waals surface area contributed by atoms with Crippen molar-refractivity contribution in [1.82, 2.24) is 30.0 Å². The third kappa shape index (κ3) is 6.33. The molecule has 8 rings (SSSR count). The van der Waals surface area contributed by atoms with Crippen LogP contribution in [0.5, 0.6) is 0 Å². The average molecular weight is 767 g/mol. The summed E-state index contributed by atoms with van der Waals surface area (Å²) in [5, 5.41) is 11.9. The number of carbonyl (C=O) groups is 4. The van der Waals surface area contributed by atoms with Gasteiger partial charge < -0.3 is 15.5 Å². The molecular weight excluding hydrogens is 722 g/mol. The molecule has 3 fully saturated rings. The Morgan fingerprint density at radius 3 is 2.48 bits per heavy atom. The van der Waals surface area contributed by atoms with E-state index >= 15 is 0 Å². The highest BCUT2D eigenvalue weighted by Gasteiger charge is 2.72. The standard InChI is InChI=1S/C40H44BrN7O4/c1-22-38-40(22)17-33(39(52)45-32-16-29(41)12-13-30(32)25-10-11-25)48(38)35(51)20-47-37-26(8-6-4-5-7-9-34(50)44-21-40)14-27(28-18-42-24(3)43-19-28)15-31(37)36(46-47)23(2)49/h12-16,18-19,22,25,33,38H,4-11,17,20-21H2,1-3H3,(H,44,50)(H,45,52)/t22?,33-,38?,40+/m0/s1. The van der Waals surface area contributed by atoms with E-state index in [-0.39, 0.29) is 42.0 Å². The number of amides is 3. The van der Waals surface area contributed by atoms with Crippen LogP contribution in [0.3, 0.4) is 0 Å². The maximum absolute atomic E-state index is 14.7. The Hall–Kier alpha value is -4.45. The van der Waals surface area contributed by atoms with Gasteiger partial charge in [0.25, 0.3) is 0 Å². The lowest BCUT2D eigenvalue weighted by Crippen LogP contribution is -2.47. The molecule has 2 aromatic heterocycles. The van der Waals surface area contributed by atoms with Gasteiger partial charge in [-0.3, -0.25) is 23.9 Å². The molecule has 2 aliphatic heterocycles. The molecular formula is C40H44BrN7O4. The van der Waals surface area contributed by atoms with Gasteiger partial charge in [-0.2, -0.15) is 5.10 Å². The summed E-state index contributed by atoms with van der Waals surface area (Å²) in [6.45, 7) is 5.74. The fraction of sp³-hybridized carbons (Fsp3) is 0.475. The number of aryl methyl sites for hydroxylation is 2. The first-order valence-electron chi connectivity index (χ1n) is 18.6. The fourth-order valence-electron chi connectivity index (χ4n) is 8.83. The number of hydrogen-bond donors (Lipinski definition) is 2. The lowest BCUT2D eigenvalue weighted by atomic mass is 9.95. The Bertz CT molecular complexity index is 2110. The van der Waals surface area contributed by atoms with E-state index < -0.39 is 11.5 Å². The summed E-state index contributed by atoms with van der Waals surface area (Å²) in [6.07, 6.45) is 10.8. The quantitative estimate of drug-likeness (QED) is 0.221. The van der Waals surface area contributed by atoms with Crippen molar-refractivity contribution >= 4 is 56.0 Å². The second kappa shape index (κ2) is 13.5. The van der Waals surface area contributed by atoms with Gasteiger partial charge in [0.15, 0.2) is 5.78 Å². The van der Waals surface area contributed by atoms with E-state index in [2.05, 4.69) is 55.6 Å². The maximum Gasteiger partial charge on any atom is 0.247 e. The number of rotatable bonds is 5. The third-order valence-corrected chi connectivity index (χ3v) is 12.3. The summed E-state index contributed by atoms with van der Waals surface area (Å²) in [5.41, 5.74) is 5.24. The third-order valence-electron chi connectivity index (χ3n) is 11.8. The van der Waals surface area contributed by atoms with Gasteiger partial charge in [0.2, 0.25) is 17.7 Å². The predicted octanol–water partition coefficient (Wildman–Crippen LogP) is 6.51. The molecule has 11 nitrogen and oxygen atoms in total. The Labute approximate surface area is 311 Å². The molecule has 2 bridgehead atoms. The van der Waals surface area contributed by atoms with Crippen LogP contribution in [0.15, 0.2) is 47.2 Å². The molecule has 0 radical (unpaired) electrons. The van der Waals surface area contributed by atoms with Crippen LogP contribution >= 0.6 is 15.9 Å². The summed E-state index contributed by atoms with van der Waals surface area (Å²) < 4.78 is 2.55. The Kier molecular flexibility index (Phi) is 9.00. The predicted molar refractivity (Wildman–Crippen MR) is 201 cm³/mol. The topological polar surface area (TPSA) is 139 Å². The molecule has 2 unspecified atom stereocenters. The van der Waals surface area contributed by atoms with Gasteiger partial charge in [-0.1, -0.05) is 41.8 Å². The monoisotopic (exact) mass is 765 g/mol. The fourth-order valence-corrected chi connectivity index (χ4v) is 9.19. The molecule has 4 atom stereocenters. The van der Waals surface area contributed by atoms with E-state index in [1.807, 2.05) is 25.1 Å². The number of nitrogens with zero attached hydrogens (tertiary/aromatic N) is 5. The highest BCUT2D eigenvalue weighted by atomic mass is 79.9. The first kappa shape index (κ1) is 34.6. The van der Waals surface area contributed by atoms with E-state index in [1.54, 1.807) is 22.0 Å². The average Bonchev–Trinajstić information content (AvgIpc) is 3.96. The smallest absolute Gasteiger partial charge is 0.247 e. The number of benzene rings is 2. The van der Waals surface area contributed by atoms with Crippen LogP contribution in [0.2, 0.25) is 0 Å². The second-order valence-electron chi connectivity index (χ2n) is 15.3. The first-order chi connectivity index (χ1) is 25.0. The summed E-state index contributed by atoms with van der Waals surface area (Å²) in [7, 11) is 0.